The second-order valence-corrected chi connectivity index (χ2v) is 8.13. The summed E-state index contributed by atoms with van der Waals surface area (Å²) in [5, 5.41) is 0. The Morgan fingerprint density at radius 2 is 1.90 bits per heavy atom. The standard InChI is InChI=1S/C13H22N2O3S2/c1-11(7-8-19(2)16)15-20(17,18)10-13-6-4-3-5-12(13)9-14/h3-6,11,15H,7-10,14H2,1-2H3. The minimum absolute atomic E-state index is 0.0834. The van der Waals surface area contributed by atoms with Gasteiger partial charge in [0.1, 0.15) is 0 Å². The zero-order chi connectivity index (χ0) is 15.2. The quantitative estimate of drug-likeness (QED) is 0.739. The van der Waals surface area contributed by atoms with E-state index in [4.69, 9.17) is 5.73 Å². The lowest BCUT2D eigenvalue weighted by Gasteiger charge is -2.14. The minimum atomic E-state index is -3.42. The molecular weight excluding hydrogens is 296 g/mol. The van der Waals surface area contributed by atoms with Gasteiger partial charge in [0.2, 0.25) is 10.0 Å². The molecule has 5 nitrogen and oxygen atoms in total. The van der Waals surface area contributed by atoms with E-state index in [0.717, 1.165) is 5.56 Å². The number of rotatable bonds is 8. The Kier molecular flexibility index (Phi) is 6.81. The first-order valence-corrected chi connectivity index (χ1v) is 9.79. The van der Waals surface area contributed by atoms with Gasteiger partial charge in [0.05, 0.1) is 5.75 Å². The summed E-state index contributed by atoms with van der Waals surface area (Å²) in [4.78, 5) is 0. The van der Waals surface area contributed by atoms with Gasteiger partial charge in [-0.3, -0.25) is 4.21 Å². The lowest BCUT2D eigenvalue weighted by atomic mass is 10.1. The van der Waals surface area contributed by atoms with Gasteiger partial charge in [0, 0.05) is 35.4 Å². The summed E-state index contributed by atoms with van der Waals surface area (Å²) in [7, 11) is -4.33. The van der Waals surface area contributed by atoms with Gasteiger partial charge in [-0.1, -0.05) is 24.3 Å². The van der Waals surface area contributed by atoms with Crippen molar-refractivity contribution in [1.82, 2.24) is 4.72 Å². The third kappa shape index (κ3) is 6.13. The SMILES string of the molecule is CC(CCS(C)=O)NS(=O)(=O)Cc1ccccc1CN. The molecule has 0 saturated heterocycles. The highest BCUT2D eigenvalue weighted by Crippen LogP contribution is 2.12. The van der Waals surface area contributed by atoms with E-state index in [1.54, 1.807) is 25.3 Å². The molecule has 3 N–H and O–H groups in total. The number of nitrogens with two attached hydrogens (primary N) is 1. The van der Waals surface area contributed by atoms with Crippen LogP contribution in [0.5, 0.6) is 0 Å². The summed E-state index contributed by atoms with van der Waals surface area (Å²) in [5.74, 6) is 0.406. The van der Waals surface area contributed by atoms with E-state index in [1.165, 1.54) is 0 Å². The first-order chi connectivity index (χ1) is 9.34. The van der Waals surface area contributed by atoms with Gasteiger partial charge in [-0.15, -0.1) is 0 Å². The molecule has 20 heavy (non-hydrogen) atoms. The Balaban J connectivity index is 2.67. The van der Waals surface area contributed by atoms with Crippen LogP contribution in [0.1, 0.15) is 24.5 Å². The fraction of sp³-hybridized carbons (Fsp3) is 0.538. The molecule has 0 heterocycles. The highest BCUT2D eigenvalue weighted by Gasteiger charge is 2.16. The Labute approximate surface area is 123 Å². The highest BCUT2D eigenvalue weighted by atomic mass is 32.2. The van der Waals surface area contributed by atoms with Crippen LogP contribution in [0.25, 0.3) is 0 Å². The molecule has 0 aliphatic rings. The Morgan fingerprint density at radius 1 is 1.30 bits per heavy atom. The summed E-state index contributed by atoms with van der Waals surface area (Å²) in [6.07, 6.45) is 2.17. The van der Waals surface area contributed by atoms with E-state index in [2.05, 4.69) is 4.72 Å². The molecule has 0 aromatic heterocycles. The van der Waals surface area contributed by atoms with Gasteiger partial charge in [-0.25, -0.2) is 13.1 Å². The number of sulfonamides is 1. The first-order valence-electron chi connectivity index (χ1n) is 6.41. The lowest BCUT2D eigenvalue weighted by molar-refractivity contribution is 0.555. The number of hydrogen-bond donors (Lipinski definition) is 2. The van der Waals surface area contributed by atoms with Crippen LogP contribution in [0.15, 0.2) is 24.3 Å². The van der Waals surface area contributed by atoms with Crippen molar-refractivity contribution >= 4 is 20.8 Å². The van der Waals surface area contributed by atoms with E-state index >= 15 is 0 Å². The van der Waals surface area contributed by atoms with Gasteiger partial charge in [-0.2, -0.15) is 0 Å². The largest absolute Gasteiger partial charge is 0.326 e. The number of nitrogens with one attached hydrogen (secondary N) is 1. The Bertz CT molecular complexity index is 558. The summed E-state index contributed by atoms with van der Waals surface area (Å²) in [5.41, 5.74) is 7.15. The predicted octanol–water partition coefficient (Wildman–Crippen LogP) is 0.722. The average Bonchev–Trinajstić information content (AvgIpc) is 2.36. The summed E-state index contributed by atoms with van der Waals surface area (Å²) < 4.78 is 37.8. The Hall–Kier alpha value is -0.760. The fourth-order valence-corrected chi connectivity index (χ4v) is 4.04. The molecule has 0 bridgehead atoms. The zero-order valence-corrected chi connectivity index (χ0v) is 13.5. The molecule has 114 valence electrons. The second-order valence-electron chi connectivity index (χ2n) is 4.82. The minimum Gasteiger partial charge on any atom is -0.326 e. The van der Waals surface area contributed by atoms with Crippen LogP contribution < -0.4 is 10.5 Å². The molecular formula is C13H22N2O3S2. The van der Waals surface area contributed by atoms with E-state index in [9.17, 15) is 12.6 Å². The van der Waals surface area contributed by atoms with E-state index in [0.29, 0.717) is 24.3 Å². The van der Waals surface area contributed by atoms with Crippen LogP contribution in [0.3, 0.4) is 0 Å². The van der Waals surface area contributed by atoms with Crippen molar-refractivity contribution < 1.29 is 12.6 Å². The van der Waals surface area contributed by atoms with Gasteiger partial charge < -0.3 is 5.73 Å². The molecule has 7 heteroatoms. The molecule has 0 amide bonds. The summed E-state index contributed by atoms with van der Waals surface area (Å²) in [6.45, 7) is 2.09. The van der Waals surface area contributed by atoms with Crippen molar-refractivity contribution in [2.45, 2.75) is 31.7 Å². The molecule has 0 radical (unpaired) electrons. The van der Waals surface area contributed by atoms with Gasteiger partial charge in [0.15, 0.2) is 0 Å². The van der Waals surface area contributed by atoms with Crippen molar-refractivity contribution in [2.24, 2.45) is 5.73 Å². The maximum absolute atomic E-state index is 12.1. The molecule has 1 aromatic carbocycles. The van der Waals surface area contributed by atoms with Crippen LogP contribution >= 0.6 is 0 Å². The fourth-order valence-electron chi connectivity index (χ4n) is 1.85. The van der Waals surface area contributed by atoms with Crippen molar-refractivity contribution in [1.29, 1.82) is 0 Å². The predicted molar refractivity (Wildman–Crippen MR) is 83.1 cm³/mol. The summed E-state index contributed by atoms with van der Waals surface area (Å²) in [6, 6.07) is 7.01. The maximum atomic E-state index is 12.1. The molecule has 0 aliphatic carbocycles. The van der Waals surface area contributed by atoms with Crippen LogP contribution in [-0.2, 0) is 33.1 Å². The topological polar surface area (TPSA) is 89.3 Å². The third-order valence-electron chi connectivity index (χ3n) is 2.90. The van der Waals surface area contributed by atoms with Crippen molar-refractivity contribution in [3.8, 4) is 0 Å². The zero-order valence-electron chi connectivity index (χ0n) is 11.8. The molecule has 2 unspecified atom stereocenters. The van der Waals surface area contributed by atoms with Gasteiger partial charge in [0.25, 0.3) is 0 Å². The maximum Gasteiger partial charge on any atom is 0.216 e. The molecule has 0 aliphatic heterocycles. The van der Waals surface area contributed by atoms with E-state index in [1.807, 2.05) is 12.1 Å². The molecule has 2 atom stereocenters. The second kappa shape index (κ2) is 7.87. The smallest absolute Gasteiger partial charge is 0.216 e. The number of hydrogen-bond acceptors (Lipinski definition) is 4. The summed E-state index contributed by atoms with van der Waals surface area (Å²) >= 11 is 0. The van der Waals surface area contributed by atoms with E-state index in [-0.39, 0.29) is 11.8 Å². The third-order valence-corrected chi connectivity index (χ3v) is 5.17. The molecule has 0 spiro atoms. The molecule has 1 rings (SSSR count). The van der Waals surface area contributed by atoms with Gasteiger partial charge in [-0.05, 0) is 24.5 Å². The molecule has 0 fully saturated rings. The van der Waals surface area contributed by atoms with Crippen LogP contribution in [-0.4, -0.2) is 30.7 Å². The normalized spacial score (nSPS) is 14.9. The highest BCUT2D eigenvalue weighted by molar-refractivity contribution is 7.88. The van der Waals surface area contributed by atoms with Crippen molar-refractivity contribution in [2.75, 3.05) is 12.0 Å². The molecule has 1 aromatic rings. The van der Waals surface area contributed by atoms with E-state index < -0.39 is 20.8 Å². The first kappa shape index (κ1) is 17.3. The van der Waals surface area contributed by atoms with Gasteiger partial charge >= 0.3 is 0 Å². The number of benzene rings is 1. The van der Waals surface area contributed by atoms with Crippen LogP contribution in [0.2, 0.25) is 0 Å². The molecule has 0 saturated carbocycles. The van der Waals surface area contributed by atoms with Crippen LogP contribution in [0.4, 0.5) is 0 Å². The lowest BCUT2D eigenvalue weighted by Crippen LogP contribution is -2.34. The van der Waals surface area contributed by atoms with Crippen LogP contribution in [0, 0.1) is 0 Å². The monoisotopic (exact) mass is 318 g/mol. The Morgan fingerprint density at radius 3 is 2.45 bits per heavy atom. The average molecular weight is 318 g/mol. The van der Waals surface area contributed by atoms with Crippen molar-refractivity contribution in [3.05, 3.63) is 35.4 Å². The van der Waals surface area contributed by atoms with Crippen molar-refractivity contribution in [3.63, 3.8) is 0 Å².